The average molecular weight is 220 g/mol. The minimum atomic E-state index is 0.878. The highest BCUT2D eigenvalue weighted by Gasteiger charge is 2.04. The summed E-state index contributed by atoms with van der Waals surface area (Å²) in [6.07, 6.45) is 8.19. The van der Waals surface area contributed by atoms with Gasteiger partial charge in [0.15, 0.2) is 0 Å². The van der Waals surface area contributed by atoms with E-state index in [1.54, 1.807) is 24.3 Å². The molecule has 0 aliphatic heterocycles. The third-order valence-corrected chi connectivity index (χ3v) is 2.76. The number of imidazole rings is 1. The Kier molecular flexibility index (Phi) is 3.01. The van der Waals surface area contributed by atoms with Crippen molar-refractivity contribution in [1.82, 2.24) is 19.5 Å². The van der Waals surface area contributed by atoms with Gasteiger partial charge >= 0.3 is 0 Å². The normalized spacial score (nSPS) is 10.5. The van der Waals surface area contributed by atoms with Crippen LogP contribution < -0.4 is 0 Å². The Morgan fingerprint density at radius 2 is 2.20 bits per heavy atom. The molecule has 0 radical (unpaired) electrons. The van der Waals surface area contributed by atoms with Gasteiger partial charge in [-0.3, -0.25) is 4.57 Å². The highest BCUT2D eigenvalue weighted by molar-refractivity contribution is 7.98. The molecule has 5 heteroatoms. The van der Waals surface area contributed by atoms with Crippen molar-refractivity contribution in [2.75, 3.05) is 6.26 Å². The molecule has 4 nitrogen and oxygen atoms in total. The second-order valence-corrected chi connectivity index (χ2v) is 3.81. The van der Waals surface area contributed by atoms with Gasteiger partial charge in [0.2, 0.25) is 0 Å². The molecule has 0 aliphatic carbocycles. The van der Waals surface area contributed by atoms with E-state index in [0.29, 0.717) is 0 Å². The number of aryl methyl sites for hydroxylation is 1. The number of hydrogen-bond acceptors (Lipinski definition) is 4. The van der Waals surface area contributed by atoms with Gasteiger partial charge < -0.3 is 0 Å². The Labute approximate surface area is 92.8 Å². The quantitative estimate of drug-likeness (QED) is 0.585. The van der Waals surface area contributed by atoms with Crippen LogP contribution in [0, 0.1) is 0 Å². The van der Waals surface area contributed by atoms with Gasteiger partial charge in [0, 0.05) is 24.9 Å². The Hall–Kier alpha value is -1.36. The molecule has 2 aromatic rings. The maximum Gasteiger partial charge on any atom is 0.142 e. The number of hydrogen-bond donors (Lipinski definition) is 0. The highest BCUT2D eigenvalue weighted by Crippen LogP contribution is 2.14. The van der Waals surface area contributed by atoms with Crippen molar-refractivity contribution in [2.45, 2.75) is 18.4 Å². The topological polar surface area (TPSA) is 43.6 Å². The molecule has 78 valence electrons. The molecule has 0 spiro atoms. The molecule has 2 aromatic heterocycles. The molecule has 0 saturated heterocycles. The SMILES string of the molecule is CCc1nccn1-c1cc(SC)ncn1. The third-order valence-electron chi connectivity index (χ3n) is 2.12. The largest absolute Gasteiger partial charge is 0.288 e. The minimum Gasteiger partial charge on any atom is -0.288 e. The van der Waals surface area contributed by atoms with Crippen LogP contribution in [0.1, 0.15) is 12.7 Å². The first-order valence-corrected chi connectivity index (χ1v) is 5.96. The van der Waals surface area contributed by atoms with Crippen molar-refractivity contribution in [3.63, 3.8) is 0 Å². The predicted molar refractivity (Wildman–Crippen MR) is 60.3 cm³/mol. The molecule has 0 atom stereocenters. The van der Waals surface area contributed by atoms with Crippen LogP contribution in [0.3, 0.4) is 0 Å². The van der Waals surface area contributed by atoms with Gasteiger partial charge in [0.25, 0.3) is 0 Å². The average Bonchev–Trinajstić information content (AvgIpc) is 2.77. The van der Waals surface area contributed by atoms with E-state index in [1.165, 1.54) is 0 Å². The van der Waals surface area contributed by atoms with Crippen LogP contribution in [0.15, 0.2) is 29.8 Å². The zero-order chi connectivity index (χ0) is 10.7. The highest BCUT2D eigenvalue weighted by atomic mass is 32.2. The summed E-state index contributed by atoms with van der Waals surface area (Å²) in [5.74, 6) is 1.89. The predicted octanol–water partition coefficient (Wildman–Crippen LogP) is 1.95. The minimum absolute atomic E-state index is 0.878. The first-order chi connectivity index (χ1) is 7.35. The fourth-order valence-electron chi connectivity index (χ4n) is 1.38. The molecular weight excluding hydrogens is 208 g/mol. The fraction of sp³-hybridized carbons (Fsp3) is 0.300. The molecule has 15 heavy (non-hydrogen) atoms. The molecule has 0 unspecified atom stereocenters. The molecule has 0 aliphatic rings. The molecule has 2 heterocycles. The van der Waals surface area contributed by atoms with E-state index >= 15 is 0 Å². The molecule has 0 fully saturated rings. The van der Waals surface area contributed by atoms with E-state index < -0.39 is 0 Å². The Morgan fingerprint density at radius 1 is 1.33 bits per heavy atom. The van der Waals surface area contributed by atoms with Crippen LogP contribution in [0.2, 0.25) is 0 Å². The molecule has 0 saturated carbocycles. The second kappa shape index (κ2) is 4.44. The Balaban J connectivity index is 2.44. The lowest BCUT2D eigenvalue weighted by Crippen LogP contribution is -2.02. The van der Waals surface area contributed by atoms with Gasteiger partial charge in [-0.15, -0.1) is 11.8 Å². The standard InChI is InChI=1S/C10H12N4S/c1-3-8-11-4-5-14(8)9-6-10(15-2)13-7-12-9/h4-7H,3H2,1-2H3. The van der Waals surface area contributed by atoms with Crippen LogP contribution in [0.25, 0.3) is 5.82 Å². The van der Waals surface area contributed by atoms with Crippen LogP contribution in [-0.2, 0) is 6.42 Å². The molecule has 0 bridgehead atoms. The maximum absolute atomic E-state index is 4.26. The summed E-state index contributed by atoms with van der Waals surface area (Å²) in [5.41, 5.74) is 0. The van der Waals surface area contributed by atoms with Crippen LogP contribution in [0.5, 0.6) is 0 Å². The van der Waals surface area contributed by atoms with Crippen molar-refractivity contribution in [1.29, 1.82) is 0 Å². The third kappa shape index (κ3) is 2.02. The van der Waals surface area contributed by atoms with Gasteiger partial charge in [0.05, 0.1) is 0 Å². The monoisotopic (exact) mass is 220 g/mol. The Morgan fingerprint density at radius 3 is 2.93 bits per heavy atom. The van der Waals surface area contributed by atoms with E-state index in [0.717, 1.165) is 23.1 Å². The lowest BCUT2D eigenvalue weighted by molar-refractivity contribution is 0.850. The molecule has 0 N–H and O–H groups in total. The molecule has 0 amide bonds. The summed E-state index contributed by atoms with van der Waals surface area (Å²) in [6.45, 7) is 2.08. The zero-order valence-electron chi connectivity index (χ0n) is 8.71. The van der Waals surface area contributed by atoms with Crippen molar-refractivity contribution < 1.29 is 0 Å². The zero-order valence-corrected chi connectivity index (χ0v) is 9.53. The van der Waals surface area contributed by atoms with E-state index in [1.807, 2.05) is 23.1 Å². The lowest BCUT2D eigenvalue weighted by Gasteiger charge is -2.05. The summed E-state index contributed by atoms with van der Waals surface area (Å²) < 4.78 is 1.99. The van der Waals surface area contributed by atoms with Crippen LogP contribution >= 0.6 is 11.8 Å². The smallest absolute Gasteiger partial charge is 0.142 e. The number of nitrogens with zero attached hydrogens (tertiary/aromatic N) is 4. The van der Waals surface area contributed by atoms with Crippen LogP contribution in [0.4, 0.5) is 0 Å². The molecule has 0 aromatic carbocycles. The van der Waals surface area contributed by atoms with Crippen molar-refractivity contribution in [3.05, 3.63) is 30.6 Å². The van der Waals surface area contributed by atoms with Crippen molar-refractivity contribution in [3.8, 4) is 5.82 Å². The number of thioether (sulfide) groups is 1. The van der Waals surface area contributed by atoms with E-state index in [4.69, 9.17) is 0 Å². The number of aromatic nitrogens is 4. The van der Waals surface area contributed by atoms with Gasteiger partial charge in [-0.05, 0) is 6.26 Å². The number of rotatable bonds is 3. The summed E-state index contributed by atoms with van der Waals surface area (Å²) in [5, 5.41) is 0.968. The van der Waals surface area contributed by atoms with E-state index in [-0.39, 0.29) is 0 Å². The summed E-state index contributed by atoms with van der Waals surface area (Å²) in [7, 11) is 0. The summed E-state index contributed by atoms with van der Waals surface area (Å²) in [6, 6.07) is 1.96. The maximum atomic E-state index is 4.26. The van der Waals surface area contributed by atoms with Gasteiger partial charge in [-0.2, -0.15) is 0 Å². The van der Waals surface area contributed by atoms with Gasteiger partial charge in [-0.25, -0.2) is 15.0 Å². The van der Waals surface area contributed by atoms with Gasteiger partial charge in [-0.1, -0.05) is 6.92 Å². The Bertz CT molecular complexity index is 452. The lowest BCUT2D eigenvalue weighted by atomic mass is 10.4. The van der Waals surface area contributed by atoms with Crippen LogP contribution in [-0.4, -0.2) is 25.8 Å². The van der Waals surface area contributed by atoms with E-state index in [9.17, 15) is 0 Å². The fourth-order valence-corrected chi connectivity index (χ4v) is 1.75. The van der Waals surface area contributed by atoms with E-state index in [2.05, 4.69) is 21.9 Å². The van der Waals surface area contributed by atoms with Crippen molar-refractivity contribution in [2.24, 2.45) is 0 Å². The second-order valence-electron chi connectivity index (χ2n) is 2.99. The first-order valence-electron chi connectivity index (χ1n) is 4.73. The van der Waals surface area contributed by atoms with Gasteiger partial charge in [0.1, 0.15) is 23.0 Å². The summed E-state index contributed by atoms with van der Waals surface area (Å²) >= 11 is 1.61. The van der Waals surface area contributed by atoms with Crippen molar-refractivity contribution >= 4 is 11.8 Å². The molecule has 2 rings (SSSR count). The molecular formula is C10H12N4S. The first kappa shape index (κ1) is 10.2. The summed E-state index contributed by atoms with van der Waals surface area (Å²) in [4.78, 5) is 12.6.